The summed E-state index contributed by atoms with van der Waals surface area (Å²) >= 11 is 0. The van der Waals surface area contributed by atoms with E-state index >= 15 is 0 Å². The smallest absolute Gasteiger partial charge is 0.191 e. The van der Waals surface area contributed by atoms with Crippen LogP contribution in [0.3, 0.4) is 0 Å². The molecule has 0 spiro atoms. The van der Waals surface area contributed by atoms with Crippen LogP contribution in [0.1, 0.15) is 52.2 Å². The Balaban J connectivity index is 1.88. The Morgan fingerprint density at radius 1 is 1.22 bits per heavy atom. The Morgan fingerprint density at radius 3 is 2.67 bits per heavy atom. The Hall–Kier alpha value is -1.59. The largest absolute Gasteiger partial charge is 0.378 e. The number of hydrogen-bond acceptors (Lipinski definition) is 3. The standard InChI is InChI=1S/C22H37N3O2/c1-5-23-22(24-14-12-20(17(3)4)26-6-2)25-16-19-13-15-27-21(19)18-10-8-7-9-11-18/h7-11,17,19-21H,5-6,12-16H2,1-4H3,(H2,23,24,25). The van der Waals surface area contributed by atoms with E-state index in [1.807, 2.05) is 6.07 Å². The fraction of sp³-hybridized carbons (Fsp3) is 0.682. The average Bonchev–Trinajstić information content (AvgIpc) is 3.14. The molecule has 152 valence electrons. The molecule has 1 aromatic carbocycles. The van der Waals surface area contributed by atoms with E-state index in [-0.39, 0.29) is 12.2 Å². The first-order valence-corrected chi connectivity index (χ1v) is 10.5. The maximum absolute atomic E-state index is 5.98. The average molecular weight is 376 g/mol. The predicted octanol–water partition coefficient (Wildman–Crippen LogP) is 3.77. The molecular weight excluding hydrogens is 338 g/mol. The number of nitrogens with zero attached hydrogens (tertiary/aromatic N) is 1. The minimum Gasteiger partial charge on any atom is -0.378 e. The highest BCUT2D eigenvalue weighted by molar-refractivity contribution is 5.79. The van der Waals surface area contributed by atoms with E-state index in [9.17, 15) is 0 Å². The third-order valence-electron chi connectivity index (χ3n) is 5.02. The molecule has 1 aliphatic heterocycles. The van der Waals surface area contributed by atoms with Crippen LogP contribution < -0.4 is 10.6 Å². The van der Waals surface area contributed by atoms with E-state index in [2.05, 4.69) is 62.6 Å². The molecule has 0 aromatic heterocycles. The molecule has 1 aliphatic rings. The first-order valence-electron chi connectivity index (χ1n) is 10.5. The number of ether oxygens (including phenoxy) is 2. The van der Waals surface area contributed by atoms with Gasteiger partial charge in [0.05, 0.1) is 12.2 Å². The molecular formula is C22H37N3O2. The fourth-order valence-corrected chi connectivity index (χ4v) is 3.54. The van der Waals surface area contributed by atoms with Crippen molar-refractivity contribution in [2.75, 3.05) is 32.8 Å². The predicted molar refractivity (Wildman–Crippen MR) is 112 cm³/mol. The quantitative estimate of drug-likeness (QED) is 0.483. The second kappa shape index (κ2) is 12.0. The van der Waals surface area contributed by atoms with Crippen molar-refractivity contribution in [3.05, 3.63) is 35.9 Å². The van der Waals surface area contributed by atoms with E-state index in [1.165, 1.54) is 5.56 Å². The second-order valence-corrected chi connectivity index (χ2v) is 7.42. The van der Waals surface area contributed by atoms with E-state index < -0.39 is 0 Å². The third-order valence-corrected chi connectivity index (χ3v) is 5.02. The lowest BCUT2D eigenvalue weighted by Gasteiger charge is -2.22. The van der Waals surface area contributed by atoms with Gasteiger partial charge in [-0.3, -0.25) is 4.99 Å². The van der Waals surface area contributed by atoms with Crippen molar-refractivity contribution >= 4 is 5.96 Å². The van der Waals surface area contributed by atoms with Crippen LogP contribution in [0.15, 0.2) is 35.3 Å². The van der Waals surface area contributed by atoms with Gasteiger partial charge >= 0.3 is 0 Å². The van der Waals surface area contributed by atoms with Gasteiger partial charge in [0, 0.05) is 38.8 Å². The monoisotopic (exact) mass is 375 g/mol. The lowest BCUT2D eigenvalue weighted by atomic mass is 9.95. The van der Waals surface area contributed by atoms with Crippen LogP contribution in [0.25, 0.3) is 0 Å². The summed E-state index contributed by atoms with van der Waals surface area (Å²) in [6, 6.07) is 10.5. The van der Waals surface area contributed by atoms with E-state index in [4.69, 9.17) is 14.5 Å². The maximum Gasteiger partial charge on any atom is 0.191 e. The Morgan fingerprint density at radius 2 is 2.00 bits per heavy atom. The fourth-order valence-electron chi connectivity index (χ4n) is 3.54. The van der Waals surface area contributed by atoms with Gasteiger partial charge in [-0.2, -0.15) is 0 Å². The summed E-state index contributed by atoms with van der Waals surface area (Å²) in [7, 11) is 0. The van der Waals surface area contributed by atoms with Crippen LogP contribution in [0.5, 0.6) is 0 Å². The van der Waals surface area contributed by atoms with Crippen molar-refractivity contribution in [3.8, 4) is 0 Å². The molecule has 3 unspecified atom stereocenters. The first-order chi connectivity index (χ1) is 13.2. The molecule has 1 saturated heterocycles. The highest BCUT2D eigenvalue weighted by Gasteiger charge is 2.29. The molecule has 0 aliphatic carbocycles. The molecule has 2 N–H and O–H groups in total. The molecule has 3 atom stereocenters. The Labute approximate surface area is 164 Å². The number of rotatable bonds is 10. The number of aliphatic imine (C=N–C) groups is 1. The van der Waals surface area contributed by atoms with Gasteiger partial charge in [-0.1, -0.05) is 44.2 Å². The summed E-state index contributed by atoms with van der Waals surface area (Å²) < 4.78 is 11.8. The number of benzene rings is 1. The number of guanidine groups is 1. The van der Waals surface area contributed by atoms with Gasteiger partial charge in [0.2, 0.25) is 0 Å². The molecule has 0 bridgehead atoms. The molecule has 0 radical (unpaired) electrons. The van der Waals surface area contributed by atoms with Crippen LogP contribution in [0, 0.1) is 11.8 Å². The van der Waals surface area contributed by atoms with Crippen molar-refractivity contribution < 1.29 is 9.47 Å². The number of nitrogens with one attached hydrogen (secondary N) is 2. The zero-order chi connectivity index (χ0) is 19.5. The molecule has 0 amide bonds. The second-order valence-electron chi connectivity index (χ2n) is 7.42. The first kappa shape index (κ1) is 21.7. The molecule has 5 heteroatoms. The minimum absolute atomic E-state index is 0.154. The van der Waals surface area contributed by atoms with Crippen molar-refractivity contribution in [2.45, 2.75) is 52.7 Å². The zero-order valence-corrected chi connectivity index (χ0v) is 17.4. The third kappa shape index (κ3) is 7.15. The van der Waals surface area contributed by atoms with Gasteiger partial charge in [-0.25, -0.2) is 0 Å². The zero-order valence-electron chi connectivity index (χ0n) is 17.4. The lowest BCUT2D eigenvalue weighted by Crippen LogP contribution is -2.39. The molecule has 2 rings (SSSR count). The Bertz CT molecular complexity index is 548. The van der Waals surface area contributed by atoms with Crippen LogP contribution >= 0.6 is 0 Å². The summed E-state index contributed by atoms with van der Waals surface area (Å²) in [4.78, 5) is 4.83. The summed E-state index contributed by atoms with van der Waals surface area (Å²) in [5.41, 5.74) is 1.25. The maximum atomic E-state index is 5.98. The van der Waals surface area contributed by atoms with Gasteiger partial charge in [-0.05, 0) is 38.2 Å². The summed E-state index contributed by atoms with van der Waals surface area (Å²) in [6.07, 6.45) is 2.48. The van der Waals surface area contributed by atoms with Gasteiger partial charge in [0.1, 0.15) is 0 Å². The summed E-state index contributed by atoms with van der Waals surface area (Å²) in [5, 5.41) is 6.81. The van der Waals surface area contributed by atoms with Crippen LogP contribution in [-0.4, -0.2) is 44.9 Å². The summed E-state index contributed by atoms with van der Waals surface area (Å²) in [5.74, 6) is 1.83. The molecule has 1 fully saturated rings. The van der Waals surface area contributed by atoms with Gasteiger partial charge in [0.15, 0.2) is 5.96 Å². The Kier molecular flexibility index (Phi) is 9.64. The van der Waals surface area contributed by atoms with Crippen LogP contribution in [0.4, 0.5) is 0 Å². The minimum atomic E-state index is 0.154. The number of hydrogen-bond donors (Lipinski definition) is 2. The molecule has 1 aromatic rings. The van der Waals surface area contributed by atoms with Crippen molar-refractivity contribution in [1.29, 1.82) is 0 Å². The van der Waals surface area contributed by atoms with Crippen molar-refractivity contribution in [3.63, 3.8) is 0 Å². The highest BCUT2D eigenvalue weighted by atomic mass is 16.5. The normalized spacial score (nSPS) is 21.4. The molecule has 1 heterocycles. The highest BCUT2D eigenvalue weighted by Crippen LogP contribution is 2.34. The van der Waals surface area contributed by atoms with Crippen molar-refractivity contribution in [2.24, 2.45) is 16.8 Å². The van der Waals surface area contributed by atoms with Gasteiger partial charge in [-0.15, -0.1) is 0 Å². The van der Waals surface area contributed by atoms with Gasteiger partial charge < -0.3 is 20.1 Å². The van der Waals surface area contributed by atoms with Crippen molar-refractivity contribution in [1.82, 2.24) is 10.6 Å². The molecule has 0 saturated carbocycles. The van der Waals surface area contributed by atoms with E-state index in [0.717, 1.165) is 51.6 Å². The van der Waals surface area contributed by atoms with Gasteiger partial charge in [0.25, 0.3) is 0 Å². The molecule has 5 nitrogen and oxygen atoms in total. The van der Waals surface area contributed by atoms with Crippen LogP contribution in [-0.2, 0) is 9.47 Å². The SMILES string of the molecule is CCNC(=NCC1CCOC1c1ccccc1)NCCC(OCC)C(C)C. The lowest BCUT2D eigenvalue weighted by molar-refractivity contribution is 0.0258. The summed E-state index contributed by atoms with van der Waals surface area (Å²) in [6.45, 7) is 12.6. The topological polar surface area (TPSA) is 54.9 Å². The van der Waals surface area contributed by atoms with E-state index in [1.54, 1.807) is 0 Å². The van der Waals surface area contributed by atoms with Crippen LogP contribution in [0.2, 0.25) is 0 Å². The van der Waals surface area contributed by atoms with E-state index in [0.29, 0.717) is 11.8 Å². The molecule has 27 heavy (non-hydrogen) atoms.